The Labute approximate surface area is 155 Å². The third kappa shape index (κ3) is 4.91. The van der Waals surface area contributed by atoms with Crippen LogP contribution in [0.3, 0.4) is 0 Å². The summed E-state index contributed by atoms with van der Waals surface area (Å²) in [6.45, 7) is 12.9. The van der Waals surface area contributed by atoms with E-state index in [4.69, 9.17) is 9.47 Å². The summed E-state index contributed by atoms with van der Waals surface area (Å²) in [4.78, 5) is 12.2. The van der Waals surface area contributed by atoms with Crippen LogP contribution in [0.25, 0.3) is 5.57 Å². The first-order valence-electron chi connectivity index (χ1n) is 8.39. The molecule has 1 aromatic rings. The maximum Gasteiger partial charge on any atom is 0.333 e. The summed E-state index contributed by atoms with van der Waals surface area (Å²) in [6, 6.07) is 1.40. The molecule has 0 unspecified atom stereocenters. The minimum absolute atomic E-state index is 0.0345. The number of phenols is 2. The number of methoxy groups -OCH3 is 1. The first-order chi connectivity index (χ1) is 12.1. The van der Waals surface area contributed by atoms with Crippen molar-refractivity contribution in [3.63, 3.8) is 0 Å². The number of carbonyl (C=O) groups excluding carboxylic acids is 1. The summed E-state index contributed by atoms with van der Waals surface area (Å²) in [5, 5.41) is 20.6. The van der Waals surface area contributed by atoms with Crippen LogP contribution in [-0.4, -0.2) is 29.4 Å². The van der Waals surface area contributed by atoms with Gasteiger partial charge >= 0.3 is 5.97 Å². The lowest BCUT2D eigenvalue weighted by Crippen LogP contribution is -2.20. The fourth-order valence-electron chi connectivity index (χ4n) is 2.34. The molecule has 0 aromatic heterocycles. The monoisotopic (exact) mass is 360 g/mol. The van der Waals surface area contributed by atoms with Crippen LogP contribution in [0.2, 0.25) is 0 Å². The molecule has 0 aliphatic rings. The van der Waals surface area contributed by atoms with E-state index in [2.05, 4.69) is 6.58 Å². The summed E-state index contributed by atoms with van der Waals surface area (Å²) in [5.74, 6) is -0.469. The second kappa shape index (κ2) is 9.13. The average Bonchev–Trinajstić information content (AvgIpc) is 2.60. The van der Waals surface area contributed by atoms with Crippen molar-refractivity contribution in [1.29, 1.82) is 0 Å². The fourth-order valence-corrected chi connectivity index (χ4v) is 2.34. The normalized spacial score (nSPS) is 12.3. The Hall–Kier alpha value is -2.69. The molecule has 2 N–H and O–H groups in total. The van der Waals surface area contributed by atoms with Gasteiger partial charge in [-0.15, -0.1) is 0 Å². The molecule has 0 radical (unpaired) electrons. The van der Waals surface area contributed by atoms with Gasteiger partial charge in [-0.2, -0.15) is 0 Å². The Balaban J connectivity index is 3.34. The molecule has 0 aliphatic carbocycles. The molecule has 1 aromatic carbocycles. The second-order valence-corrected chi connectivity index (χ2v) is 6.36. The number of hydrogen-bond donors (Lipinski definition) is 2. The van der Waals surface area contributed by atoms with E-state index >= 15 is 0 Å². The van der Waals surface area contributed by atoms with Gasteiger partial charge in [0.1, 0.15) is 11.9 Å². The van der Waals surface area contributed by atoms with E-state index in [1.807, 2.05) is 19.9 Å². The number of ether oxygens (including phenoxy) is 2. The molecular weight excluding hydrogens is 332 g/mol. The molecule has 0 bridgehead atoms. The lowest BCUT2D eigenvalue weighted by molar-refractivity contribution is -0.141. The molecular formula is C21H28O5. The highest BCUT2D eigenvalue weighted by Crippen LogP contribution is 2.42. The molecule has 0 saturated heterocycles. The summed E-state index contributed by atoms with van der Waals surface area (Å²) in [7, 11) is 1.41. The zero-order valence-electron chi connectivity index (χ0n) is 16.3. The summed E-state index contributed by atoms with van der Waals surface area (Å²) >= 11 is 0. The molecule has 26 heavy (non-hydrogen) atoms. The van der Waals surface area contributed by atoms with Crippen LogP contribution < -0.4 is 4.74 Å². The van der Waals surface area contributed by atoms with Gasteiger partial charge in [0.15, 0.2) is 11.5 Å². The predicted octanol–water partition coefficient (Wildman–Crippen LogP) is 4.66. The van der Waals surface area contributed by atoms with Crippen LogP contribution >= 0.6 is 0 Å². The third-order valence-electron chi connectivity index (χ3n) is 4.16. The van der Waals surface area contributed by atoms with Crippen molar-refractivity contribution in [2.75, 3.05) is 7.11 Å². The molecule has 0 spiro atoms. The second-order valence-electron chi connectivity index (χ2n) is 6.36. The zero-order valence-corrected chi connectivity index (χ0v) is 16.3. The van der Waals surface area contributed by atoms with E-state index in [-0.39, 0.29) is 22.8 Å². The van der Waals surface area contributed by atoms with Crippen LogP contribution in [0.1, 0.15) is 45.2 Å². The Kier molecular flexibility index (Phi) is 7.50. The van der Waals surface area contributed by atoms with Crippen LogP contribution in [0.15, 0.2) is 35.9 Å². The summed E-state index contributed by atoms with van der Waals surface area (Å²) in [6.07, 6.45) is 3.31. The van der Waals surface area contributed by atoms with Gasteiger partial charge in [0.05, 0.1) is 7.11 Å². The summed E-state index contributed by atoms with van der Waals surface area (Å²) in [5.41, 5.74) is 2.63. The lowest BCUT2D eigenvalue weighted by Gasteiger charge is -2.22. The number of rotatable bonds is 7. The first-order valence-corrected chi connectivity index (χ1v) is 8.39. The van der Waals surface area contributed by atoms with Gasteiger partial charge in [-0.25, -0.2) is 4.79 Å². The molecule has 142 valence electrons. The highest BCUT2D eigenvalue weighted by molar-refractivity contribution is 5.89. The van der Waals surface area contributed by atoms with Crippen molar-refractivity contribution in [1.82, 2.24) is 0 Å². The molecule has 5 heteroatoms. The summed E-state index contributed by atoms with van der Waals surface area (Å²) < 4.78 is 10.8. The Morgan fingerprint density at radius 3 is 2.42 bits per heavy atom. The fraction of sp³-hybridized carbons (Fsp3) is 0.381. The van der Waals surface area contributed by atoms with Gasteiger partial charge in [0, 0.05) is 23.1 Å². The molecule has 5 nitrogen and oxygen atoms in total. The van der Waals surface area contributed by atoms with Gasteiger partial charge in [-0.3, -0.25) is 0 Å². The number of aromatic hydroxyl groups is 2. The Morgan fingerprint density at radius 2 is 1.92 bits per heavy atom. The van der Waals surface area contributed by atoms with Crippen LogP contribution in [0.5, 0.6) is 17.2 Å². The highest BCUT2D eigenvalue weighted by atomic mass is 16.5. The Bertz CT molecular complexity index is 752. The maximum atomic E-state index is 12.2. The third-order valence-corrected chi connectivity index (χ3v) is 4.16. The van der Waals surface area contributed by atoms with E-state index in [0.29, 0.717) is 23.1 Å². The van der Waals surface area contributed by atoms with Crippen molar-refractivity contribution < 1.29 is 24.5 Å². The molecule has 0 heterocycles. The van der Waals surface area contributed by atoms with E-state index in [0.717, 1.165) is 5.57 Å². The minimum Gasteiger partial charge on any atom is -0.508 e. The molecule has 0 saturated carbocycles. The zero-order chi connectivity index (χ0) is 20.0. The minimum atomic E-state index is -0.690. The molecule has 0 fully saturated rings. The van der Waals surface area contributed by atoms with Crippen molar-refractivity contribution in [3.8, 4) is 17.2 Å². The van der Waals surface area contributed by atoms with Crippen LogP contribution in [-0.2, 0) is 9.53 Å². The van der Waals surface area contributed by atoms with Crippen molar-refractivity contribution >= 4 is 11.5 Å². The maximum absolute atomic E-state index is 12.2. The number of phenolic OH excluding ortho intramolecular Hbond substituents is 2. The van der Waals surface area contributed by atoms with Gasteiger partial charge in [-0.05, 0) is 46.3 Å². The predicted molar refractivity (Wildman–Crippen MR) is 103 cm³/mol. The van der Waals surface area contributed by atoms with Gasteiger partial charge in [0.25, 0.3) is 0 Å². The van der Waals surface area contributed by atoms with E-state index < -0.39 is 12.1 Å². The largest absolute Gasteiger partial charge is 0.508 e. The number of hydrogen-bond acceptors (Lipinski definition) is 5. The molecule has 0 amide bonds. The Morgan fingerprint density at radius 1 is 1.31 bits per heavy atom. The van der Waals surface area contributed by atoms with Gasteiger partial charge in [0.2, 0.25) is 0 Å². The number of benzene rings is 1. The van der Waals surface area contributed by atoms with Crippen molar-refractivity contribution in [2.45, 2.75) is 47.1 Å². The molecule has 1 rings (SSSR count). The SMILES string of the molecule is C=C(c1cc(O)c(C)c(OC)c1O)[C@H](CC=C(C)C)OC(=O)/C(C)=C\C. The molecule has 0 aliphatic heterocycles. The number of carbonyl (C=O) groups is 1. The smallest absolute Gasteiger partial charge is 0.333 e. The van der Waals surface area contributed by atoms with E-state index in [9.17, 15) is 15.0 Å². The van der Waals surface area contributed by atoms with Gasteiger partial charge < -0.3 is 19.7 Å². The topological polar surface area (TPSA) is 76.0 Å². The number of allylic oxidation sites excluding steroid dienone is 2. The quantitative estimate of drug-likeness (QED) is 0.320. The van der Waals surface area contributed by atoms with Crippen LogP contribution in [0.4, 0.5) is 0 Å². The van der Waals surface area contributed by atoms with E-state index in [1.54, 1.807) is 26.8 Å². The first kappa shape index (κ1) is 21.4. The van der Waals surface area contributed by atoms with Crippen LogP contribution in [0, 0.1) is 6.92 Å². The number of esters is 1. The van der Waals surface area contributed by atoms with Crippen molar-refractivity contribution in [3.05, 3.63) is 47.1 Å². The van der Waals surface area contributed by atoms with E-state index in [1.165, 1.54) is 13.2 Å². The lowest BCUT2D eigenvalue weighted by atomic mass is 9.96. The average molecular weight is 360 g/mol. The molecule has 1 atom stereocenters. The highest BCUT2D eigenvalue weighted by Gasteiger charge is 2.24. The standard InChI is InChI=1S/C21H28O5/c1-8-13(4)21(24)26-18(10-9-12(2)3)14(5)16-11-17(22)15(6)20(25-7)19(16)23/h8-9,11,18,22-23H,5,10H2,1-4,6-7H3/b13-8-/t18-/m0/s1. The van der Waals surface area contributed by atoms with Gasteiger partial charge in [-0.1, -0.05) is 24.3 Å². The van der Waals surface area contributed by atoms with Crippen molar-refractivity contribution in [2.24, 2.45) is 0 Å².